The highest BCUT2D eigenvalue weighted by Gasteiger charge is 2.29. The Balaban J connectivity index is 2.89. The molecule has 0 aliphatic heterocycles. The quantitative estimate of drug-likeness (QED) is 0.846. The van der Waals surface area contributed by atoms with E-state index in [2.05, 4.69) is 19.2 Å². The van der Waals surface area contributed by atoms with Gasteiger partial charge in [-0.2, -0.15) is 0 Å². The Kier molecular flexibility index (Phi) is 5.58. The fourth-order valence-electron chi connectivity index (χ4n) is 1.94. The van der Waals surface area contributed by atoms with E-state index in [0.717, 1.165) is 11.1 Å². The molecule has 0 heterocycles. The van der Waals surface area contributed by atoms with E-state index in [1.165, 1.54) is 0 Å². The number of rotatable bonds is 6. The van der Waals surface area contributed by atoms with Crippen molar-refractivity contribution in [2.45, 2.75) is 59.1 Å². The van der Waals surface area contributed by atoms with Gasteiger partial charge in [-0.05, 0) is 50.8 Å². The summed E-state index contributed by atoms with van der Waals surface area (Å²) >= 11 is 0. The van der Waals surface area contributed by atoms with Crippen molar-refractivity contribution in [1.29, 1.82) is 0 Å². The number of primary amides is 1. The predicted molar refractivity (Wildman–Crippen MR) is 86.8 cm³/mol. The van der Waals surface area contributed by atoms with Crippen LogP contribution in [0.15, 0.2) is 18.2 Å². The number of amides is 2. The molecule has 5 nitrogen and oxygen atoms in total. The van der Waals surface area contributed by atoms with Gasteiger partial charge in [-0.15, -0.1) is 0 Å². The number of benzene rings is 1. The standard InChI is InChI=1S/C17H26N2O3/c1-10(2)13-8-7-11(3)9-14(13)22-12(4)15(20)19-17(5,6)16(18)21/h7-10,12H,1-6H3,(H2,18,21)(H,19,20)/t12-/m0/s1. The lowest BCUT2D eigenvalue weighted by Gasteiger charge is -2.25. The van der Waals surface area contributed by atoms with Gasteiger partial charge in [0.2, 0.25) is 5.91 Å². The highest BCUT2D eigenvalue weighted by Crippen LogP contribution is 2.28. The van der Waals surface area contributed by atoms with Gasteiger partial charge in [0.25, 0.3) is 5.91 Å². The average Bonchev–Trinajstić information content (AvgIpc) is 2.37. The van der Waals surface area contributed by atoms with E-state index in [9.17, 15) is 9.59 Å². The molecule has 1 aromatic rings. The maximum Gasteiger partial charge on any atom is 0.261 e. The Morgan fingerprint density at radius 1 is 1.23 bits per heavy atom. The van der Waals surface area contributed by atoms with Crippen LogP contribution in [-0.2, 0) is 9.59 Å². The summed E-state index contributed by atoms with van der Waals surface area (Å²) in [5.74, 6) is 0.00828. The van der Waals surface area contributed by atoms with Gasteiger partial charge in [-0.1, -0.05) is 26.0 Å². The molecule has 0 bridgehead atoms. The molecule has 1 aromatic carbocycles. The van der Waals surface area contributed by atoms with Crippen LogP contribution in [0.25, 0.3) is 0 Å². The molecule has 1 rings (SSSR count). The minimum Gasteiger partial charge on any atom is -0.481 e. The van der Waals surface area contributed by atoms with Crippen molar-refractivity contribution in [2.24, 2.45) is 5.73 Å². The van der Waals surface area contributed by atoms with Crippen LogP contribution in [0.4, 0.5) is 0 Å². The second kappa shape index (κ2) is 6.81. The molecule has 0 aromatic heterocycles. The average molecular weight is 306 g/mol. The minimum atomic E-state index is -1.11. The van der Waals surface area contributed by atoms with Gasteiger partial charge in [0.15, 0.2) is 6.10 Å². The summed E-state index contributed by atoms with van der Waals surface area (Å²) in [6, 6.07) is 5.94. The van der Waals surface area contributed by atoms with Gasteiger partial charge in [-0.3, -0.25) is 9.59 Å². The molecular weight excluding hydrogens is 280 g/mol. The number of carbonyl (C=O) groups excluding carboxylic acids is 2. The normalized spacial score (nSPS) is 12.9. The second-order valence-corrected chi connectivity index (χ2v) is 6.43. The summed E-state index contributed by atoms with van der Waals surface area (Å²) in [6.45, 7) is 10.9. The molecule has 0 spiro atoms. The van der Waals surface area contributed by atoms with E-state index >= 15 is 0 Å². The molecule has 0 aliphatic rings. The van der Waals surface area contributed by atoms with E-state index in [4.69, 9.17) is 10.5 Å². The number of hydrogen-bond donors (Lipinski definition) is 2. The van der Waals surface area contributed by atoms with Gasteiger partial charge in [-0.25, -0.2) is 0 Å². The van der Waals surface area contributed by atoms with E-state index in [1.807, 2.05) is 25.1 Å². The maximum absolute atomic E-state index is 12.2. The van der Waals surface area contributed by atoms with Crippen molar-refractivity contribution in [3.05, 3.63) is 29.3 Å². The Morgan fingerprint density at radius 3 is 2.32 bits per heavy atom. The lowest BCUT2D eigenvalue weighted by Crippen LogP contribution is -2.55. The van der Waals surface area contributed by atoms with Crippen LogP contribution >= 0.6 is 0 Å². The summed E-state index contributed by atoms with van der Waals surface area (Å²) < 4.78 is 5.81. The molecule has 2 amide bonds. The molecule has 0 aliphatic carbocycles. The van der Waals surface area contributed by atoms with Crippen molar-refractivity contribution in [2.75, 3.05) is 0 Å². The minimum absolute atomic E-state index is 0.285. The molecule has 122 valence electrons. The Bertz CT molecular complexity index is 565. The SMILES string of the molecule is Cc1ccc(C(C)C)c(O[C@@H](C)C(=O)NC(C)(C)C(N)=O)c1. The number of ether oxygens (including phenoxy) is 1. The highest BCUT2D eigenvalue weighted by atomic mass is 16.5. The maximum atomic E-state index is 12.2. The van der Waals surface area contributed by atoms with Crippen LogP contribution in [0.3, 0.4) is 0 Å². The first-order chi connectivity index (χ1) is 10.0. The van der Waals surface area contributed by atoms with Crippen LogP contribution in [0, 0.1) is 6.92 Å². The van der Waals surface area contributed by atoms with Crippen LogP contribution in [0.1, 0.15) is 51.7 Å². The number of aryl methyl sites for hydroxylation is 1. The van der Waals surface area contributed by atoms with Gasteiger partial charge < -0.3 is 15.8 Å². The van der Waals surface area contributed by atoms with Crippen LogP contribution in [0.2, 0.25) is 0 Å². The smallest absolute Gasteiger partial charge is 0.261 e. The highest BCUT2D eigenvalue weighted by molar-refractivity contribution is 5.91. The summed E-state index contributed by atoms with van der Waals surface area (Å²) in [7, 11) is 0. The first kappa shape index (κ1) is 18.0. The predicted octanol–water partition coefficient (Wildman–Crippen LogP) is 2.27. The van der Waals surface area contributed by atoms with Gasteiger partial charge >= 0.3 is 0 Å². The molecule has 0 fully saturated rings. The van der Waals surface area contributed by atoms with Crippen molar-refractivity contribution in [3.8, 4) is 5.75 Å². The molecular formula is C17H26N2O3. The van der Waals surface area contributed by atoms with Crippen LogP contribution < -0.4 is 15.8 Å². The zero-order valence-corrected chi connectivity index (χ0v) is 14.2. The molecule has 0 radical (unpaired) electrons. The lowest BCUT2D eigenvalue weighted by molar-refractivity contribution is -0.134. The number of nitrogens with one attached hydrogen (secondary N) is 1. The molecule has 0 saturated carbocycles. The monoisotopic (exact) mass is 306 g/mol. The van der Waals surface area contributed by atoms with Crippen LogP contribution in [-0.4, -0.2) is 23.5 Å². The zero-order chi connectivity index (χ0) is 17.1. The first-order valence-corrected chi connectivity index (χ1v) is 7.43. The first-order valence-electron chi connectivity index (χ1n) is 7.43. The number of hydrogen-bond acceptors (Lipinski definition) is 3. The van der Waals surface area contributed by atoms with E-state index < -0.39 is 17.6 Å². The molecule has 22 heavy (non-hydrogen) atoms. The third-order valence-electron chi connectivity index (χ3n) is 3.52. The topological polar surface area (TPSA) is 81.4 Å². The molecule has 1 atom stereocenters. The summed E-state index contributed by atoms with van der Waals surface area (Å²) in [5.41, 5.74) is 6.25. The molecule has 5 heteroatoms. The fourth-order valence-corrected chi connectivity index (χ4v) is 1.94. The third-order valence-corrected chi connectivity index (χ3v) is 3.52. The fraction of sp³-hybridized carbons (Fsp3) is 0.529. The van der Waals surface area contributed by atoms with E-state index in [-0.39, 0.29) is 11.8 Å². The Morgan fingerprint density at radius 2 is 1.82 bits per heavy atom. The molecule has 3 N–H and O–H groups in total. The van der Waals surface area contributed by atoms with Crippen molar-refractivity contribution < 1.29 is 14.3 Å². The van der Waals surface area contributed by atoms with Crippen LogP contribution in [0.5, 0.6) is 5.75 Å². The molecule has 0 saturated heterocycles. The van der Waals surface area contributed by atoms with E-state index in [1.54, 1.807) is 20.8 Å². The summed E-state index contributed by atoms with van der Waals surface area (Å²) in [4.78, 5) is 23.5. The summed E-state index contributed by atoms with van der Waals surface area (Å²) in [6.07, 6.45) is -0.724. The van der Waals surface area contributed by atoms with Gasteiger partial charge in [0.05, 0.1) is 0 Å². The van der Waals surface area contributed by atoms with Crippen molar-refractivity contribution in [3.63, 3.8) is 0 Å². The number of carbonyl (C=O) groups is 2. The lowest BCUT2D eigenvalue weighted by atomic mass is 10.0. The van der Waals surface area contributed by atoms with Gasteiger partial charge in [0, 0.05) is 0 Å². The number of nitrogens with two attached hydrogens (primary N) is 1. The Hall–Kier alpha value is -2.04. The largest absolute Gasteiger partial charge is 0.481 e. The zero-order valence-electron chi connectivity index (χ0n) is 14.2. The van der Waals surface area contributed by atoms with Crippen molar-refractivity contribution in [1.82, 2.24) is 5.32 Å². The van der Waals surface area contributed by atoms with Crippen molar-refractivity contribution >= 4 is 11.8 Å². The van der Waals surface area contributed by atoms with Gasteiger partial charge in [0.1, 0.15) is 11.3 Å². The molecule has 0 unspecified atom stereocenters. The summed E-state index contributed by atoms with van der Waals surface area (Å²) in [5, 5.41) is 2.60. The Labute approximate surface area is 132 Å². The third kappa shape index (κ3) is 4.48. The second-order valence-electron chi connectivity index (χ2n) is 6.43. The van der Waals surface area contributed by atoms with E-state index in [0.29, 0.717) is 5.75 Å².